The Balaban J connectivity index is 1.52. The fourth-order valence-electron chi connectivity index (χ4n) is 3.68. The molecule has 0 aliphatic heterocycles. The van der Waals surface area contributed by atoms with E-state index in [4.69, 9.17) is 9.84 Å². The normalized spacial score (nSPS) is 19.8. The summed E-state index contributed by atoms with van der Waals surface area (Å²) in [5, 5.41) is 21.4. The van der Waals surface area contributed by atoms with Gasteiger partial charge >= 0.3 is 6.09 Å². The van der Waals surface area contributed by atoms with E-state index >= 15 is 0 Å². The largest absolute Gasteiger partial charge is 0.481 e. The standard InChI is InChI=1S/C19H25N5O4/c1-11(21-19(26)27)13-4-5-14(8-13)15-9-16(24-23-15)22-17(25)7-12-3-6-18(28-2)20-10-12/h3,6,9-11,13-14,21H,4-5,7-8H2,1-2H3,(H,26,27)(H2,22,23,24,25)/t11?,13?,14-/m0/s1. The van der Waals surface area contributed by atoms with Crippen LogP contribution < -0.4 is 15.4 Å². The number of ether oxygens (including phenoxy) is 1. The Hall–Kier alpha value is -3.10. The maximum atomic E-state index is 12.2. The average molecular weight is 387 g/mol. The van der Waals surface area contributed by atoms with E-state index in [9.17, 15) is 9.59 Å². The van der Waals surface area contributed by atoms with E-state index in [0.717, 1.165) is 30.5 Å². The molecule has 9 heteroatoms. The quantitative estimate of drug-likeness (QED) is 0.578. The first-order valence-electron chi connectivity index (χ1n) is 9.28. The van der Waals surface area contributed by atoms with Crippen LogP contribution in [0.5, 0.6) is 5.88 Å². The number of pyridine rings is 1. The van der Waals surface area contributed by atoms with E-state index in [1.807, 2.05) is 13.0 Å². The van der Waals surface area contributed by atoms with Crippen molar-refractivity contribution in [2.24, 2.45) is 5.92 Å². The molecular formula is C19H25N5O4. The minimum Gasteiger partial charge on any atom is -0.481 e. The van der Waals surface area contributed by atoms with Crippen LogP contribution in [0.2, 0.25) is 0 Å². The number of methoxy groups -OCH3 is 1. The predicted octanol–water partition coefficient (Wildman–Crippen LogP) is 2.53. The molecule has 3 rings (SSSR count). The van der Waals surface area contributed by atoms with Gasteiger partial charge in [0.1, 0.15) is 0 Å². The Bertz CT molecular complexity index is 820. The van der Waals surface area contributed by atoms with Crippen molar-refractivity contribution in [1.29, 1.82) is 0 Å². The third kappa shape index (κ3) is 4.99. The lowest BCUT2D eigenvalue weighted by molar-refractivity contribution is -0.115. The number of aromatic nitrogens is 3. The summed E-state index contributed by atoms with van der Waals surface area (Å²) in [6.07, 6.45) is 3.62. The number of rotatable bonds is 7. The van der Waals surface area contributed by atoms with Crippen LogP contribution >= 0.6 is 0 Å². The van der Waals surface area contributed by atoms with Crippen molar-refractivity contribution < 1.29 is 19.4 Å². The summed E-state index contributed by atoms with van der Waals surface area (Å²) in [5.74, 6) is 1.40. The highest BCUT2D eigenvalue weighted by atomic mass is 16.5. The van der Waals surface area contributed by atoms with Crippen LogP contribution in [-0.2, 0) is 11.2 Å². The molecule has 1 aliphatic rings. The molecule has 2 aromatic rings. The first kappa shape index (κ1) is 19.7. The van der Waals surface area contributed by atoms with E-state index in [1.165, 1.54) is 0 Å². The van der Waals surface area contributed by atoms with E-state index in [2.05, 4.69) is 25.8 Å². The van der Waals surface area contributed by atoms with Crippen molar-refractivity contribution in [2.75, 3.05) is 12.4 Å². The summed E-state index contributed by atoms with van der Waals surface area (Å²) < 4.78 is 5.00. The fourth-order valence-corrected chi connectivity index (χ4v) is 3.68. The number of hydrogen-bond acceptors (Lipinski definition) is 5. The van der Waals surface area contributed by atoms with Gasteiger partial charge < -0.3 is 20.5 Å². The Morgan fingerprint density at radius 3 is 2.89 bits per heavy atom. The summed E-state index contributed by atoms with van der Waals surface area (Å²) >= 11 is 0. The second-order valence-electron chi connectivity index (χ2n) is 7.15. The van der Waals surface area contributed by atoms with Crippen molar-refractivity contribution in [3.05, 3.63) is 35.7 Å². The molecule has 1 aliphatic carbocycles. The van der Waals surface area contributed by atoms with Gasteiger partial charge in [-0.2, -0.15) is 5.10 Å². The lowest BCUT2D eigenvalue weighted by Crippen LogP contribution is -2.36. The molecule has 2 amide bonds. The zero-order chi connectivity index (χ0) is 20.1. The number of carbonyl (C=O) groups excluding carboxylic acids is 1. The summed E-state index contributed by atoms with van der Waals surface area (Å²) in [4.78, 5) is 27.1. The number of nitrogens with zero attached hydrogens (tertiary/aromatic N) is 2. The Morgan fingerprint density at radius 2 is 2.21 bits per heavy atom. The molecule has 150 valence electrons. The zero-order valence-electron chi connectivity index (χ0n) is 15.9. The van der Waals surface area contributed by atoms with Crippen LogP contribution in [0.15, 0.2) is 24.4 Å². The lowest BCUT2D eigenvalue weighted by Gasteiger charge is -2.18. The van der Waals surface area contributed by atoms with Gasteiger partial charge in [0, 0.05) is 36.0 Å². The average Bonchev–Trinajstić information content (AvgIpc) is 3.31. The molecule has 0 aromatic carbocycles. The Morgan fingerprint density at radius 1 is 1.39 bits per heavy atom. The van der Waals surface area contributed by atoms with Gasteiger partial charge in [0.2, 0.25) is 11.8 Å². The number of amides is 2. The predicted molar refractivity (Wildman–Crippen MR) is 102 cm³/mol. The molecule has 0 spiro atoms. The Labute approximate surface area is 162 Å². The zero-order valence-corrected chi connectivity index (χ0v) is 15.9. The van der Waals surface area contributed by atoms with Crippen molar-refractivity contribution in [1.82, 2.24) is 20.5 Å². The first-order chi connectivity index (χ1) is 13.4. The van der Waals surface area contributed by atoms with Gasteiger partial charge in [-0.15, -0.1) is 0 Å². The van der Waals surface area contributed by atoms with E-state index in [1.54, 1.807) is 25.4 Å². The SMILES string of the molecule is COc1ccc(CC(=O)Nc2cc([C@H]3CCC(C(C)NC(=O)O)C3)[nH]n2)cn1. The highest BCUT2D eigenvalue weighted by Gasteiger charge is 2.31. The van der Waals surface area contributed by atoms with Gasteiger partial charge in [0.15, 0.2) is 5.82 Å². The monoisotopic (exact) mass is 387 g/mol. The molecule has 0 saturated heterocycles. The smallest absolute Gasteiger partial charge is 0.404 e. The molecule has 0 radical (unpaired) electrons. The molecule has 2 unspecified atom stereocenters. The summed E-state index contributed by atoms with van der Waals surface area (Å²) in [6, 6.07) is 5.29. The number of anilines is 1. The van der Waals surface area contributed by atoms with Gasteiger partial charge in [-0.3, -0.25) is 9.89 Å². The molecule has 28 heavy (non-hydrogen) atoms. The second kappa shape index (κ2) is 8.73. The second-order valence-corrected chi connectivity index (χ2v) is 7.15. The number of nitrogens with one attached hydrogen (secondary N) is 3. The first-order valence-corrected chi connectivity index (χ1v) is 9.28. The van der Waals surface area contributed by atoms with Crippen LogP contribution in [0.4, 0.5) is 10.6 Å². The number of carbonyl (C=O) groups is 2. The molecule has 1 fully saturated rings. The maximum Gasteiger partial charge on any atom is 0.404 e. The lowest BCUT2D eigenvalue weighted by atomic mass is 9.97. The maximum absolute atomic E-state index is 12.2. The fraction of sp³-hybridized carbons (Fsp3) is 0.474. The third-order valence-corrected chi connectivity index (χ3v) is 5.21. The van der Waals surface area contributed by atoms with Gasteiger partial charge in [0.25, 0.3) is 0 Å². The molecule has 4 N–H and O–H groups in total. The number of aromatic amines is 1. The van der Waals surface area contributed by atoms with Gasteiger partial charge in [-0.1, -0.05) is 6.07 Å². The highest BCUT2D eigenvalue weighted by Crippen LogP contribution is 2.39. The number of hydrogen-bond donors (Lipinski definition) is 4. The molecule has 2 heterocycles. The number of H-pyrrole nitrogens is 1. The minimum atomic E-state index is -0.991. The van der Waals surface area contributed by atoms with E-state index < -0.39 is 6.09 Å². The van der Waals surface area contributed by atoms with Gasteiger partial charge in [-0.05, 0) is 37.7 Å². The molecule has 9 nitrogen and oxygen atoms in total. The number of carboxylic acid groups (broad SMARTS) is 1. The molecular weight excluding hydrogens is 362 g/mol. The van der Waals surface area contributed by atoms with Crippen LogP contribution in [0.1, 0.15) is 43.4 Å². The highest BCUT2D eigenvalue weighted by molar-refractivity contribution is 5.91. The minimum absolute atomic E-state index is 0.0808. The van der Waals surface area contributed by atoms with Crippen LogP contribution in [-0.4, -0.2) is 45.4 Å². The topological polar surface area (TPSA) is 129 Å². The summed E-state index contributed by atoms with van der Waals surface area (Å²) in [6.45, 7) is 1.90. The van der Waals surface area contributed by atoms with Crippen molar-refractivity contribution in [2.45, 2.75) is 44.6 Å². The Kier molecular flexibility index (Phi) is 6.13. The van der Waals surface area contributed by atoms with Gasteiger partial charge in [-0.25, -0.2) is 9.78 Å². The third-order valence-electron chi connectivity index (χ3n) is 5.21. The van der Waals surface area contributed by atoms with Crippen molar-refractivity contribution in [3.8, 4) is 5.88 Å². The van der Waals surface area contributed by atoms with E-state index in [-0.39, 0.29) is 24.3 Å². The molecule has 1 saturated carbocycles. The van der Waals surface area contributed by atoms with Gasteiger partial charge in [0.05, 0.1) is 13.5 Å². The molecule has 3 atom stereocenters. The van der Waals surface area contributed by atoms with Crippen LogP contribution in [0.3, 0.4) is 0 Å². The molecule has 2 aromatic heterocycles. The van der Waals surface area contributed by atoms with Crippen molar-refractivity contribution >= 4 is 17.8 Å². The summed E-state index contributed by atoms with van der Waals surface area (Å²) in [5.41, 5.74) is 1.75. The molecule has 0 bridgehead atoms. The summed E-state index contributed by atoms with van der Waals surface area (Å²) in [7, 11) is 1.54. The van der Waals surface area contributed by atoms with Crippen molar-refractivity contribution in [3.63, 3.8) is 0 Å². The van der Waals surface area contributed by atoms with Crippen LogP contribution in [0, 0.1) is 5.92 Å². The van der Waals surface area contributed by atoms with E-state index in [0.29, 0.717) is 17.6 Å². The van der Waals surface area contributed by atoms with Crippen LogP contribution in [0.25, 0.3) is 0 Å².